The van der Waals surface area contributed by atoms with Crippen molar-refractivity contribution in [3.05, 3.63) is 128 Å². The van der Waals surface area contributed by atoms with Gasteiger partial charge in [-0.05, 0) is 96.0 Å². The fourth-order valence-electron chi connectivity index (χ4n) is 6.05. The summed E-state index contributed by atoms with van der Waals surface area (Å²) in [5.41, 5.74) is -0.400. The number of hydrogen-bond donors (Lipinski definition) is 5. The molecule has 2 aliphatic rings. The summed E-state index contributed by atoms with van der Waals surface area (Å²) < 4.78 is 4.26. The molecule has 1 fully saturated rings. The van der Waals surface area contributed by atoms with E-state index in [0.717, 1.165) is 67.2 Å². The van der Waals surface area contributed by atoms with Crippen LogP contribution in [0.5, 0.6) is 0 Å². The zero-order chi connectivity index (χ0) is 39.8. The summed E-state index contributed by atoms with van der Waals surface area (Å²) in [5.74, 6) is 0. The van der Waals surface area contributed by atoms with Crippen molar-refractivity contribution in [2.75, 3.05) is 0 Å². The minimum Gasteiger partial charge on any atom is -0.314 e. The highest BCUT2D eigenvalue weighted by atomic mass is 79.9. The van der Waals surface area contributed by atoms with Crippen LogP contribution >= 0.6 is 27.5 Å². The Labute approximate surface area is 316 Å². The summed E-state index contributed by atoms with van der Waals surface area (Å²) in [7, 11) is 0. The highest BCUT2D eigenvalue weighted by Crippen LogP contribution is 2.26. The smallest absolute Gasteiger partial charge is 0.314 e. The van der Waals surface area contributed by atoms with Crippen molar-refractivity contribution < 1.29 is 0 Å². The molecule has 1 atom stereocenters. The van der Waals surface area contributed by atoms with E-state index >= 15 is 0 Å². The average molecular weight is 824 g/mol. The first-order valence-corrected chi connectivity index (χ1v) is 18.6. The van der Waals surface area contributed by atoms with Crippen LogP contribution in [0.2, 0.25) is 5.02 Å². The van der Waals surface area contributed by atoms with Gasteiger partial charge in [-0.1, -0.05) is 37.8 Å². The lowest BCUT2D eigenvalue weighted by atomic mass is 9.95. The molecule has 0 bridgehead atoms. The van der Waals surface area contributed by atoms with Crippen LogP contribution in [-0.4, -0.2) is 38.6 Å². The first-order valence-electron chi connectivity index (χ1n) is 17.5. The van der Waals surface area contributed by atoms with Crippen molar-refractivity contribution in [2.45, 2.75) is 124 Å². The Morgan fingerprint density at radius 3 is 1.98 bits per heavy atom. The lowest BCUT2D eigenvalue weighted by Crippen LogP contribution is -2.45. The molecule has 0 amide bonds. The average Bonchev–Trinajstić information content (AvgIpc) is 3.56. The monoisotopic (exact) mass is 822 g/mol. The Morgan fingerprint density at radius 2 is 1.43 bits per heavy atom. The third kappa shape index (κ3) is 10.8. The fraction of sp³-hybridized carbons (Fsp3) is 0.543. The second-order valence-corrected chi connectivity index (χ2v) is 15.2. The molecule has 4 aromatic rings. The standard InChI is InChI=1S/C13H18N2O2.C9H13BrN2O2.C9H13ClN2O2.C4H4N2O2/c16-12-10-7-4-8-11(10)14-13(17)15(12)9-5-2-1-3-6-9;1-4-5(2)12-8(13)7(10)6(3)11-9(12)14;1-5-6(10)7(13)12(8(14)11-5)9(2,3)4;7-3-1-2-5-4(8)6-3/h9H,1-8H2,(H,14,17);5H,4H2,1-3H3,(H,11,14);1-4H3,(H,11,14);1-2H,(H2,5,6,7,8). The van der Waals surface area contributed by atoms with E-state index in [-0.39, 0.29) is 45.2 Å². The van der Waals surface area contributed by atoms with Gasteiger partial charge in [0.2, 0.25) is 0 Å². The maximum absolute atomic E-state index is 12.3. The topological polar surface area (TPSA) is 230 Å². The van der Waals surface area contributed by atoms with Gasteiger partial charge in [0, 0.05) is 52.5 Å². The van der Waals surface area contributed by atoms with Gasteiger partial charge in [0.1, 0.15) is 9.50 Å². The van der Waals surface area contributed by atoms with Crippen LogP contribution in [0.4, 0.5) is 0 Å². The first kappa shape index (κ1) is 42.9. The van der Waals surface area contributed by atoms with Gasteiger partial charge in [-0.25, -0.2) is 19.2 Å². The predicted octanol–water partition coefficient (Wildman–Crippen LogP) is 3.43. The molecule has 0 aromatic carbocycles. The van der Waals surface area contributed by atoms with Crippen molar-refractivity contribution in [1.82, 2.24) is 38.6 Å². The van der Waals surface area contributed by atoms with Crippen LogP contribution in [0.15, 0.2) is 55.1 Å². The Bertz CT molecular complexity index is 2360. The van der Waals surface area contributed by atoms with E-state index in [2.05, 4.69) is 35.9 Å². The number of nitrogens with one attached hydrogen (secondary N) is 5. The maximum atomic E-state index is 12.3. The summed E-state index contributed by atoms with van der Waals surface area (Å²) in [4.78, 5) is 103. The van der Waals surface area contributed by atoms with E-state index in [1.807, 2.05) is 18.8 Å². The second-order valence-electron chi connectivity index (χ2n) is 14.0. The van der Waals surface area contributed by atoms with Gasteiger partial charge < -0.3 is 19.9 Å². The Balaban J connectivity index is 0.000000196. The number of aryl methyl sites for hydroxylation is 3. The van der Waals surface area contributed by atoms with Crippen molar-refractivity contribution in [3.8, 4) is 0 Å². The van der Waals surface area contributed by atoms with Gasteiger partial charge >= 0.3 is 22.8 Å². The van der Waals surface area contributed by atoms with E-state index in [0.29, 0.717) is 15.9 Å². The third-order valence-corrected chi connectivity index (χ3v) is 10.3. The second kappa shape index (κ2) is 18.5. The largest absolute Gasteiger partial charge is 0.329 e. The number of H-pyrrole nitrogens is 5. The summed E-state index contributed by atoms with van der Waals surface area (Å²) in [6.45, 7) is 12.4. The first-order chi connectivity index (χ1) is 24.8. The number of hydrogen-bond acceptors (Lipinski definition) is 8. The molecule has 5 N–H and O–H groups in total. The van der Waals surface area contributed by atoms with E-state index in [1.54, 1.807) is 34.6 Å². The number of aromatic nitrogens is 8. The lowest BCUT2D eigenvalue weighted by molar-refractivity contribution is 0.335. The van der Waals surface area contributed by atoms with Crippen LogP contribution in [-0.2, 0) is 18.4 Å². The van der Waals surface area contributed by atoms with Crippen molar-refractivity contribution in [3.63, 3.8) is 0 Å². The highest BCUT2D eigenvalue weighted by Gasteiger charge is 2.24. The van der Waals surface area contributed by atoms with Gasteiger partial charge in [0.15, 0.2) is 0 Å². The van der Waals surface area contributed by atoms with Crippen molar-refractivity contribution >= 4 is 27.5 Å². The molecule has 290 valence electrons. The number of aromatic amines is 5. The molecule has 0 spiro atoms. The van der Waals surface area contributed by atoms with Crippen molar-refractivity contribution in [1.29, 1.82) is 0 Å². The molecule has 1 unspecified atom stereocenters. The third-order valence-electron chi connectivity index (χ3n) is 8.97. The van der Waals surface area contributed by atoms with E-state index in [9.17, 15) is 38.4 Å². The Hall–Kier alpha value is -4.51. The fourth-order valence-corrected chi connectivity index (χ4v) is 6.47. The van der Waals surface area contributed by atoms with Gasteiger partial charge in [0.05, 0.1) is 0 Å². The highest BCUT2D eigenvalue weighted by molar-refractivity contribution is 9.10. The van der Waals surface area contributed by atoms with E-state index < -0.39 is 22.5 Å². The molecule has 0 saturated heterocycles. The molecule has 4 heterocycles. The Morgan fingerprint density at radius 1 is 0.811 bits per heavy atom. The number of fused-ring (bicyclic) bond motifs is 1. The molecule has 6 rings (SSSR count). The minimum absolute atomic E-state index is 0.0202. The van der Waals surface area contributed by atoms with Crippen LogP contribution < -0.4 is 45.0 Å². The summed E-state index contributed by atoms with van der Waals surface area (Å²) >= 11 is 8.92. The molecule has 0 aliphatic heterocycles. The summed E-state index contributed by atoms with van der Waals surface area (Å²) in [6.07, 6.45) is 10.2. The van der Waals surface area contributed by atoms with Crippen LogP contribution in [0.1, 0.15) is 114 Å². The maximum Gasteiger partial charge on any atom is 0.329 e. The zero-order valence-electron chi connectivity index (χ0n) is 31.0. The molecule has 53 heavy (non-hydrogen) atoms. The summed E-state index contributed by atoms with van der Waals surface area (Å²) in [5, 5.41) is 0.0690. The van der Waals surface area contributed by atoms with Crippen LogP contribution in [0.25, 0.3) is 0 Å². The van der Waals surface area contributed by atoms with E-state index in [1.165, 1.54) is 27.8 Å². The number of halogens is 2. The van der Waals surface area contributed by atoms with Gasteiger partial charge in [-0.3, -0.25) is 37.9 Å². The predicted molar refractivity (Wildman–Crippen MR) is 208 cm³/mol. The molecule has 4 aromatic heterocycles. The number of rotatable bonds is 3. The lowest BCUT2D eigenvalue weighted by Gasteiger charge is -2.23. The van der Waals surface area contributed by atoms with E-state index in [4.69, 9.17) is 11.6 Å². The Kier molecular flexibility index (Phi) is 15.0. The molecular weight excluding hydrogens is 776 g/mol. The molecule has 18 heteroatoms. The quantitative estimate of drug-likeness (QED) is 0.205. The van der Waals surface area contributed by atoms with Gasteiger partial charge in [0.25, 0.3) is 22.2 Å². The number of nitrogens with zero attached hydrogens (tertiary/aromatic N) is 3. The molecular formula is C35H48BrClN8O8. The van der Waals surface area contributed by atoms with Crippen LogP contribution in [0, 0.1) is 13.8 Å². The molecule has 1 saturated carbocycles. The van der Waals surface area contributed by atoms with Crippen molar-refractivity contribution in [2.24, 2.45) is 0 Å². The van der Waals surface area contributed by atoms with Crippen LogP contribution in [0.3, 0.4) is 0 Å². The normalized spacial score (nSPS) is 14.4. The SMILES string of the molecule is CCC(C)n1c(=O)[nH]c(C)c(Br)c1=O.Cc1[nH]c(=O)n(C(C)(C)C)c(=O)c1Cl.O=c1[nH]c2c(c(=O)n1C1CCCCC1)CCC2.O=c1cc[nH]c(=O)[nH]1. The van der Waals surface area contributed by atoms with Gasteiger partial charge in [-0.15, -0.1) is 0 Å². The molecule has 0 radical (unpaired) electrons. The minimum atomic E-state index is -0.567. The summed E-state index contributed by atoms with van der Waals surface area (Å²) in [6, 6.07) is 1.29. The molecule has 2 aliphatic carbocycles. The molecule has 16 nitrogen and oxygen atoms in total. The van der Waals surface area contributed by atoms with Gasteiger partial charge in [-0.2, -0.15) is 0 Å². The zero-order valence-corrected chi connectivity index (χ0v) is 33.4.